The average Bonchev–Trinajstić information content (AvgIpc) is 2.81. The van der Waals surface area contributed by atoms with E-state index in [-0.39, 0.29) is 16.8 Å². The van der Waals surface area contributed by atoms with E-state index in [4.69, 9.17) is 0 Å². The Labute approximate surface area is 155 Å². The fraction of sp³-hybridized carbons (Fsp3) is 0.0625. The molecule has 0 aliphatic carbocycles. The van der Waals surface area contributed by atoms with Crippen molar-refractivity contribution in [2.24, 2.45) is 0 Å². The number of halogens is 1. The number of non-ortho nitro benzene ring substituents is 1. The van der Waals surface area contributed by atoms with Gasteiger partial charge >= 0.3 is 0 Å². The maximum Gasteiger partial charge on any atom is 0.270 e. The average molecular weight is 451 g/mol. The van der Waals surface area contributed by atoms with E-state index >= 15 is 0 Å². The number of carbonyl (C=O) groups is 3. The van der Waals surface area contributed by atoms with E-state index in [1.807, 2.05) is 0 Å². The number of nitro groups is 1. The Bertz CT molecular complexity index is 910. The maximum absolute atomic E-state index is 12.3. The number of hydrogen-bond acceptors (Lipinski definition) is 5. The van der Waals surface area contributed by atoms with Crippen LogP contribution in [0.4, 0.5) is 11.4 Å². The smallest absolute Gasteiger partial charge is 0.270 e. The maximum atomic E-state index is 12.3. The van der Waals surface area contributed by atoms with Crippen LogP contribution in [0, 0.1) is 13.7 Å². The highest BCUT2D eigenvalue weighted by Gasteiger charge is 2.37. The van der Waals surface area contributed by atoms with Crippen LogP contribution in [-0.4, -0.2) is 34.1 Å². The van der Waals surface area contributed by atoms with Crippen molar-refractivity contribution in [3.05, 3.63) is 67.3 Å². The highest BCUT2D eigenvalue weighted by molar-refractivity contribution is 14.1. The third kappa shape index (κ3) is 3.36. The van der Waals surface area contributed by atoms with E-state index in [1.165, 1.54) is 6.07 Å². The normalized spacial score (nSPS) is 12.9. The minimum Gasteiger partial charge on any atom is -0.325 e. The third-order valence-electron chi connectivity index (χ3n) is 3.59. The Hall–Kier alpha value is -2.82. The van der Waals surface area contributed by atoms with Crippen molar-refractivity contribution in [2.75, 3.05) is 11.9 Å². The molecule has 1 N–H and O–H groups in total. The van der Waals surface area contributed by atoms with Gasteiger partial charge in [0.1, 0.15) is 6.54 Å². The molecule has 0 spiro atoms. The Balaban J connectivity index is 1.76. The first kappa shape index (κ1) is 17.0. The van der Waals surface area contributed by atoms with Gasteiger partial charge in [0.2, 0.25) is 5.91 Å². The number of amides is 3. The van der Waals surface area contributed by atoms with E-state index in [2.05, 4.69) is 27.9 Å². The van der Waals surface area contributed by atoms with E-state index in [0.29, 0.717) is 5.69 Å². The molecular weight excluding hydrogens is 441 g/mol. The zero-order chi connectivity index (χ0) is 18.1. The van der Waals surface area contributed by atoms with Crippen LogP contribution in [-0.2, 0) is 4.79 Å². The Morgan fingerprint density at radius 2 is 1.72 bits per heavy atom. The molecule has 1 heterocycles. The van der Waals surface area contributed by atoms with Crippen LogP contribution in [0.3, 0.4) is 0 Å². The number of nitro benzene ring substituents is 1. The van der Waals surface area contributed by atoms with Crippen LogP contribution in [0.15, 0.2) is 42.5 Å². The lowest BCUT2D eigenvalue weighted by molar-refractivity contribution is -0.384. The molecule has 9 heteroatoms. The van der Waals surface area contributed by atoms with Gasteiger partial charge in [0.25, 0.3) is 17.5 Å². The van der Waals surface area contributed by atoms with Crippen molar-refractivity contribution in [3.8, 4) is 0 Å². The molecule has 2 aromatic carbocycles. The van der Waals surface area contributed by atoms with Gasteiger partial charge in [0, 0.05) is 21.4 Å². The molecule has 25 heavy (non-hydrogen) atoms. The van der Waals surface area contributed by atoms with Crippen LogP contribution in [0.5, 0.6) is 0 Å². The molecule has 1 aliphatic heterocycles. The predicted octanol–water partition coefficient (Wildman–Crippen LogP) is 2.43. The Kier molecular flexibility index (Phi) is 4.49. The van der Waals surface area contributed by atoms with Gasteiger partial charge in [0.15, 0.2) is 0 Å². The zero-order valence-corrected chi connectivity index (χ0v) is 14.7. The van der Waals surface area contributed by atoms with Gasteiger partial charge in [-0.1, -0.05) is 0 Å². The molecule has 0 atom stereocenters. The molecule has 1 aliphatic rings. The quantitative estimate of drug-likeness (QED) is 0.333. The molecule has 0 bridgehead atoms. The summed E-state index contributed by atoms with van der Waals surface area (Å²) in [6, 6.07) is 10.4. The second kappa shape index (κ2) is 6.59. The summed E-state index contributed by atoms with van der Waals surface area (Å²) < 4.78 is 0.998. The molecule has 126 valence electrons. The summed E-state index contributed by atoms with van der Waals surface area (Å²) >= 11 is 2.12. The molecule has 0 radical (unpaired) electrons. The van der Waals surface area contributed by atoms with Crippen molar-refractivity contribution in [2.45, 2.75) is 0 Å². The van der Waals surface area contributed by atoms with E-state index < -0.39 is 29.2 Å². The number of benzene rings is 2. The van der Waals surface area contributed by atoms with Crippen molar-refractivity contribution < 1.29 is 19.3 Å². The van der Waals surface area contributed by atoms with Crippen LogP contribution in [0.25, 0.3) is 0 Å². The number of anilines is 1. The Morgan fingerprint density at radius 3 is 2.36 bits per heavy atom. The van der Waals surface area contributed by atoms with Gasteiger partial charge in [-0.3, -0.25) is 29.4 Å². The van der Waals surface area contributed by atoms with Gasteiger partial charge in [-0.15, -0.1) is 0 Å². The molecule has 0 aromatic heterocycles. The summed E-state index contributed by atoms with van der Waals surface area (Å²) in [5.74, 6) is -1.90. The first-order chi connectivity index (χ1) is 11.9. The molecule has 0 fully saturated rings. The lowest BCUT2D eigenvalue weighted by Crippen LogP contribution is -2.37. The highest BCUT2D eigenvalue weighted by atomic mass is 127. The summed E-state index contributed by atoms with van der Waals surface area (Å²) in [7, 11) is 0. The number of carbonyl (C=O) groups excluding carboxylic acids is 3. The summed E-state index contributed by atoms with van der Waals surface area (Å²) in [6.07, 6.45) is 0. The lowest BCUT2D eigenvalue weighted by Gasteiger charge is -2.13. The van der Waals surface area contributed by atoms with Crippen molar-refractivity contribution in [3.63, 3.8) is 0 Å². The SMILES string of the molecule is O=C(CN1C(=O)c2ccc([N+](=O)[O-])cc2C1=O)Nc1ccc(I)cc1. The highest BCUT2D eigenvalue weighted by Crippen LogP contribution is 2.26. The topological polar surface area (TPSA) is 110 Å². The van der Waals surface area contributed by atoms with Crippen LogP contribution < -0.4 is 5.32 Å². The van der Waals surface area contributed by atoms with E-state index in [0.717, 1.165) is 20.6 Å². The number of hydrogen-bond donors (Lipinski definition) is 1. The minimum atomic E-state index is -0.721. The van der Waals surface area contributed by atoms with Gasteiger partial charge in [-0.2, -0.15) is 0 Å². The molecule has 0 saturated heterocycles. The number of nitrogens with one attached hydrogen (secondary N) is 1. The number of fused-ring (bicyclic) bond motifs is 1. The zero-order valence-electron chi connectivity index (χ0n) is 12.6. The molecule has 8 nitrogen and oxygen atoms in total. The Morgan fingerprint density at radius 1 is 1.08 bits per heavy atom. The second-order valence-electron chi connectivity index (χ2n) is 5.24. The van der Waals surface area contributed by atoms with E-state index in [1.54, 1.807) is 24.3 Å². The molecule has 0 saturated carbocycles. The summed E-state index contributed by atoms with van der Waals surface area (Å²) in [6.45, 7) is -0.466. The van der Waals surface area contributed by atoms with Crippen molar-refractivity contribution in [1.82, 2.24) is 4.90 Å². The van der Waals surface area contributed by atoms with Crippen LogP contribution in [0.1, 0.15) is 20.7 Å². The molecule has 0 unspecified atom stereocenters. The molecular formula is C16H10IN3O5. The van der Waals surface area contributed by atoms with Gasteiger partial charge in [0.05, 0.1) is 16.1 Å². The van der Waals surface area contributed by atoms with Crippen molar-refractivity contribution in [1.29, 1.82) is 0 Å². The lowest BCUT2D eigenvalue weighted by atomic mass is 10.1. The summed E-state index contributed by atoms with van der Waals surface area (Å²) in [4.78, 5) is 47.6. The number of rotatable bonds is 4. The number of nitrogens with zero attached hydrogens (tertiary/aromatic N) is 2. The summed E-state index contributed by atoms with van der Waals surface area (Å²) in [5.41, 5.74) is 0.238. The first-order valence-corrected chi connectivity index (χ1v) is 8.15. The third-order valence-corrected chi connectivity index (χ3v) is 4.31. The van der Waals surface area contributed by atoms with E-state index in [9.17, 15) is 24.5 Å². The van der Waals surface area contributed by atoms with Crippen molar-refractivity contribution >= 4 is 51.7 Å². The summed E-state index contributed by atoms with van der Waals surface area (Å²) in [5, 5.41) is 13.4. The first-order valence-electron chi connectivity index (χ1n) is 7.07. The fourth-order valence-corrected chi connectivity index (χ4v) is 2.77. The fourth-order valence-electron chi connectivity index (χ4n) is 2.41. The molecule has 3 rings (SSSR count). The van der Waals surface area contributed by atoms with Gasteiger partial charge < -0.3 is 5.32 Å². The monoisotopic (exact) mass is 451 g/mol. The molecule has 3 amide bonds. The van der Waals surface area contributed by atoms with Crippen LogP contribution >= 0.6 is 22.6 Å². The largest absolute Gasteiger partial charge is 0.325 e. The minimum absolute atomic E-state index is 0.0534. The van der Waals surface area contributed by atoms with Gasteiger partial charge in [-0.05, 0) is 52.9 Å². The van der Waals surface area contributed by atoms with Crippen LogP contribution in [0.2, 0.25) is 0 Å². The standard InChI is InChI=1S/C16H10IN3O5/c17-9-1-3-10(4-2-9)18-14(21)8-19-15(22)12-6-5-11(20(24)25)7-13(12)16(19)23/h1-7H,8H2,(H,18,21). The predicted molar refractivity (Wildman–Crippen MR) is 96.3 cm³/mol. The second-order valence-corrected chi connectivity index (χ2v) is 6.48. The number of imide groups is 1. The van der Waals surface area contributed by atoms with Gasteiger partial charge in [-0.25, -0.2) is 0 Å². The molecule has 2 aromatic rings.